The van der Waals surface area contributed by atoms with Gasteiger partial charge in [-0.1, -0.05) is 13.8 Å². The fourth-order valence-corrected chi connectivity index (χ4v) is 3.11. The van der Waals surface area contributed by atoms with Gasteiger partial charge in [0.25, 0.3) is 0 Å². The van der Waals surface area contributed by atoms with Crippen LogP contribution in [-0.2, 0) is 14.8 Å². The monoisotopic (exact) mass is 250 g/mol. The van der Waals surface area contributed by atoms with Crippen molar-refractivity contribution in [2.75, 3.05) is 38.5 Å². The Morgan fingerprint density at radius 2 is 2.19 bits per heavy atom. The van der Waals surface area contributed by atoms with Crippen LogP contribution >= 0.6 is 0 Å². The maximum absolute atomic E-state index is 12.0. The van der Waals surface area contributed by atoms with Crippen LogP contribution in [0.25, 0.3) is 0 Å². The Morgan fingerprint density at radius 3 is 2.81 bits per heavy atom. The maximum Gasteiger partial charge on any atom is 0.215 e. The van der Waals surface area contributed by atoms with E-state index in [0.29, 0.717) is 26.2 Å². The SMILES string of the molecule is CCNCCS(=O)(=O)N1CCOC(CC)C1. The van der Waals surface area contributed by atoms with E-state index in [9.17, 15) is 8.42 Å². The predicted molar refractivity (Wildman–Crippen MR) is 63.9 cm³/mol. The highest BCUT2D eigenvalue weighted by Crippen LogP contribution is 2.12. The van der Waals surface area contributed by atoms with Gasteiger partial charge >= 0.3 is 0 Å². The summed E-state index contributed by atoms with van der Waals surface area (Å²) in [5.74, 6) is 0.178. The van der Waals surface area contributed by atoms with Crippen molar-refractivity contribution in [1.82, 2.24) is 9.62 Å². The van der Waals surface area contributed by atoms with Gasteiger partial charge < -0.3 is 10.1 Å². The molecule has 16 heavy (non-hydrogen) atoms. The first-order chi connectivity index (χ1) is 7.60. The lowest BCUT2D eigenvalue weighted by atomic mass is 10.2. The van der Waals surface area contributed by atoms with Crippen LogP contribution in [0.1, 0.15) is 20.3 Å². The van der Waals surface area contributed by atoms with E-state index in [1.54, 1.807) is 4.31 Å². The van der Waals surface area contributed by atoms with Gasteiger partial charge in [-0.05, 0) is 13.0 Å². The standard InChI is InChI=1S/C10H22N2O3S/c1-3-10-9-12(6-7-15-10)16(13,14)8-5-11-4-2/h10-11H,3-9H2,1-2H3. The lowest BCUT2D eigenvalue weighted by Crippen LogP contribution is -2.47. The van der Waals surface area contributed by atoms with Gasteiger partial charge in [-0.2, -0.15) is 4.31 Å². The van der Waals surface area contributed by atoms with Crippen molar-refractivity contribution >= 4 is 10.0 Å². The number of nitrogens with zero attached hydrogens (tertiary/aromatic N) is 1. The van der Waals surface area contributed by atoms with Gasteiger partial charge in [0.1, 0.15) is 0 Å². The highest BCUT2D eigenvalue weighted by molar-refractivity contribution is 7.89. The van der Waals surface area contributed by atoms with E-state index in [1.807, 2.05) is 13.8 Å². The molecule has 1 aliphatic rings. The van der Waals surface area contributed by atoms with Crippen molar-refractivity contribution in [3.8, 4) is 0 Å². The first kappa shape index (κ1) is 13.9. The zero-order valence-electron chi connectivity index (χ0n) is 10.1. The minimum atomic E-state index is -3.11. The van der Waals surface area contributed by atoms with E-state index in [4.69, 9.17) is 4.74 Å². The zero-order chi connectivity index (χ0) is 12.0. The number of hydrogen-bond acceptors (Lipinski definition) is 4. The summed E-state index contributed by atoms with van der Waals surface area (Å²) in [5, 5.41) is 3.03. The lowest BCUT2D eigenvalue weighted by Gasteiger charge is -2.31. The molecule has 1 fully saturated rings. The molecule has 0 radical (unpaired) electrons. The molecular weight excluding hydrogens is 228 g/mol. The minimum Gasteiger partial charge on any atom is -0.375 e. The molecule has 1 aliphatic heterocycles. The Bertz CT molecular complexity index is 292. The first-order valence-corrected chi connectivity index (χ1v) is 7.51. The van der Waals surface area contributed by atoms with E-state index < -0.39 is 10.0 Å². The van der Waals surface area contributed by atoms with Crippen LogP contribution in [-0.4, -0.2) is 57.4 Å². The molecule has 0 amide bonds. The molecule has 5 nitrogen and oxygen atoms in total. The van der Waals surface area contributed by atoms with Gasteiger partial charge in [0, 0.05) is 19.6 Å². The number of rotatable bonds is 6. The summed E-state index contributed by atoms with van der Waals surface area (Å²) >= 11 is 0. The molecule has 0 saturated carbocycles. The second-order valence-corrected chi connectivity index (χ2v) is 6.02. The normalized spacial score (nSPS) is 23.5. The van der Waals surface area contributed by atoms with Crippen molar-refractivity contribution in [2.45, 2.75) is 26.4 Å². The largest absolute Gasteiger partial charge is 0.375 e. The average molecular weight is 250 g/mol. The smallest absolute Gasteiger partial charge is 0.215 e. The highest BCUT2D eigenvalue weighted by Gasteiger charge is 2.27. The minimum absolute atomic E-state index is 0.0580. The molecule has 0 aromatic heterocycles. The Kier molecular flexibility index (Phi) is 5.68. The van der Waals surface area contributed by atoms with Crippen molar-refractivity contribution in [2.24, 2.45) is 0 Å². The summed E-state index contributed by atoms with van der Waals surface area (Å²) in [7, 11) is -3.11. The fourth-order valence-electron chi connectivity index (χ4n) is 1.70. The van der Waals surface area contributed by atoms with Crippen LogP contribution in [0.2, 0.25) is 0 Å². The van der Waals surface area contributed by atoms with Crippen molar-refractivity contribution < 1.29 is 13.2 Å². The third-order valence-electron chi connectivity index (χ3n) is 2.74. The Hall–Kier alpha value is -0.170. The van der Waals surface area contributed by atoms with E-state index >= 15 is 0 Å². The number of nitrogens with one attached hydrogen (secondary N) is 1. The van der Waals surface area contributed by atoms with Crippen molar-refractivity contribution in [1.29, 1.82) is 0 Å². The topological polar surface area (TPSA) is 58.6 Å². The molecule has 1 heterocycles. The molecule has 0 bridgehead atoms. The molecule has 0 spiro atoms. The van der Waals surface area contributed by atoms with Gasteiger partial charge in [-0.3, -0.25) is 0 Å². The molecule has 6 heteroatoms. The molecule has 0 aromatic rings. The van der Waals surface area contributed by atoms with Gasteiger partial charge in [-0.25, -0.2) is 8.42 Å². The molecule has 1 N–H and O–H groups in total. The van der Waals surface area contributed by atoms with Crippen molar-refractivity contribution in [3.63, 3.8) is 0 Å². The highest BCUT2D eigenvalue weighted by atomic mass is 32.2. The summed E-state index contributed by atoms with van der Waals surface area (Å²) in [4.78, 5) is 0. The number of hydrogen-bond donors (Lipinski definition) is 1. The predicted octanol–water partition coefficient (Wildman–Crippen LogP) is 0.0365. The average Bonchev–Trinajstić information content (AvgIpc) is 2.29. The second-order valence-electron chi connectivity index (χ2n) is 3.93. The van der Waals surface area contributed by atoms with Crippen LogP contribution in [0.15, 0.2) is 0 Å². The van der Waals surface area contributed by atoms with Crippen LogP contribution < -0.4 is 5.32 Å². The third-order valence-corrected chi connectivity index (χ3v) is 4.58. The molecule has 0 aromatic carbocycles. The summed E-state index contributed by atoms with van der Waals surface area (Å²) in [5.41, 5.74) is 0. The Morgan fingerprint density at radius 1 is 1.44 bits per heavy atom. The summed E-state index contributed by atoms with van der Waals surface area (Å²) in [6.45, 7) is 6.81. The van der Waals surface area contributed by atoms with Gasteiger partial charge in [0.05, 0.1) is 18.5 Å². The van der Waals surface area contributed by atoms with Gasteiger partial charge in [-0.15, -0.1) is 0 Å². The fraction of sp³-hybridized carbons (Fsp3) is 1.00. The third kappa shape index (κ3) is 4.01. The number of ether oxygens (including phenoxy) is 1. The molecule has 96 valence electrons. The van der Waals surface area contributed by atoms with Crippen LogP contribution in [0.3, 0.4) is 0 Å². The van der Waals surface area contributed by atoms with Crippen LogP contribution in [0.5, 0.6) is 0 Å². The summed E-state index contributed by atoms with van der Waals surface area (Å²) in [6.07, 6.45) is 0.918. The summed E-state index contributed by atoms with van der Waals surface area (Å²) < 4.78 is 30.9. The number of sulfonamides is 1. The van der Waals surface area contributed by atoms with Gasteiger partial charge in [0.2, 0.25) is 10.0 Å². The lowest BCUT2D eigenvalue weighted by molar-refractivity contribution is -0.00275. The van der Waals surface area contributed by atoms with Crippen LogP contribution in [0, 0.1) is 0 Å². The zero-order valence-corrected chi connectivity index (χ0v) is 10.9. The molecule has 1 atom stereocenters. The summed E-state index contributed by atoms with van der Waals surface area (Å²) in [6, 6.07) is 0. The van der Waals surface area contributed by atoms with E-state index in [0.717, 1.165) is 13.0 Å². The van der Waals surface area contributed by atoms with Gasteiger partial charge in [0.15, 0.2) is 0 Å². The van der Waals surface area contributed by atoms with Crippen LogP contribution in [0.4, 0.5) is 0 Å². The second kappa shape index (κ2) is 6.54. The van der Waals surface area contributed by atoms with Crippen molar-refractivity contribution in [3.05, 3.63) is 0 Å². The van der Waals surface area contributed by atoms with E-state index in [2.05, 4.69) is 5.32 Å². The number of morpholine rings is 1. The maximum atomic E-state index is 12.0. The van der Waals surface area contributed by atoms with E-state index in [-0.39, 0.29) is 11.9 Å². The molecule has 1 unspecified atom stereocenters. The molecule has 1 saturated heterocycles. The molecule has 0 aliphatic carbocycles. The molecule has 1 rings (SSSR count). The van der Waals surface area contributed by atoms with E-state index in [1.165, 1.54) is 0 Å². The quantitative estimate of drug-likeness (QED) is 0.676. The Balaban J connectivity index is 2.47. The first-order valence-electron chi connectivity index (χ1n) is 5.90. The Labute approximate surface area is 98.2 Å². The molecular formula is C10H22N2O3S.